The fourth-order valence-corrected chi connectivity index (χ4v) is 3.67. The van der Waals surface area contributed by atoms with E-state index in [1.165, 1.54) is 0 Å². The third kappa shape index (κ3) is 5.76. The van der Waals surface area contributed by atoms with Crippen molar-refractivity contribution in [3.63, 3.8) is 0 Å². The Morgan fingerprint density at radius 2 is 1.97 bits per heavy atom. The summed E-state index contributed by atoms with van der Waals surface area (Å²) >= 11 is 1.62. The molecule has 3 aromatic rings. The number of amides is 1. The molecule has 0 fully saturated rings. The normalized spacial score (nSPS) is 10.8. The topological polar surface area (TPSA) is 66.9 Å². The Morgan fingerprint density at radius 3 is 2.60 bits per heavy atom. The lowest BCUT2D eigenvalue weighted by Crippen LogP contribution is -2.28. The van der Waals surface area contributed by atoms with Gasteiger partial charge in [-0.15, -0.1) is 17.9 Å². The van der Waals surface area contributed by atoms with Crippen molar-refractivity contribution in [2.45, 2.75) is 33.6 Å². The highest BCUT2D eigenvalue weighted by Gasteiger charge is 2.13. The summed E-state index contributed by atoms with van der Waals surface area (Å²) in [6, 6.07) is 11.9. The molecule has 6 heteroatoms. The lowest BCUT2D eigenvalue weighted by molar-refractivity contribution is -0.120. The van der Waals surface area contributed by atoms with E-state index in [1.54, 1.807) is 11.3 Å². The molecule has 1 amide bonds. The molecule has 0 saturated heterocycles. The minimum Gasteiger partial charge on any atom is -0.356 e. The summed E-state index contributed by atoms with van der Waals surface area (Å²) in [6.45, 7) is 10.7. The Kier molecular flexibility index (Phi) is 7.36. The van der Waals surface area contributed by atoms with Crippen LogP contribution in [0.5, 0.6) is 0 Å². The fraction of sp³-hybridized carbons (Fsp3) is 0.292. The van der Waals surface area contributed by atoms with Crippen LogP contribution in [0, 0.1) is 12.8 Å². The number of aryl methyl sites for hydroxylation is 1. The van der Waals surface area contributed by atoms with Crippen molar-refractivity contribution >= 4 is 28.7 Å². The monoisotopic (exact) mass is 420 g/mol. The first-order valence-corrected chi connectivity index (χ1v) is 11.0. The SMILES string of the molecule is C=CCc1c(C)nc(-c2cccs2)nc1Nc1ccc(CC(=O)NCC(C)C)cc1. The molecule has 1 aromatic carbocycles. The fourth-order valence-electron chi connectivity index (χ4n) is 3.01. The van der Waals surface area contributed by atoms with Crippen LogP contribution in [0.25, 0.3) is 10.7 Å². The van der Waals surface area contributed by atoms with Gasteiger partial charge in [-0.25, -0.2) is 9.97 Å². The molecular formula is C24H28N4OS. The molecule has 2 heterocycles. The number of aromatic nitrogens is 2. The van der Waals surface area contributed by atoms with Crippen molar-refractivity contribution < 1.29 is 4.79 Å². The van der Waals surface area contributed by atoms with Gasteiger partial charge in [-0.1, -0.05) is 38.1 Å². The number of nitrogens with one attached hydrogen (secondary N) is 2. The zero-order chi connectivity index (χ0) is 21.5. The first kappa shape index (κ1) is 21.7. The number of hydrogen-bond acceptors (Lipinski definition) is 5. The van der Waals surface area contributed by atoms with Crippen LogP contribution in [0.15, 0.2) is 54.4 Å². The molecule has 0 radical (unpaired) electrons. The van der Waals surface area contributed by atoms with Crippen LogP contribution in [0.4, 0.5) is 11.5 Å². The predicted molar refractivity (Wildman–Crippen MR) is 125 cm³/mol. The summed E-state index contributed by atoms with van der Waals surface area (Å²) in [5, 5.41) is 8.40. The van der Waals surface area contributed by atoms with Gasteiger partial charge in [-0.05, 0) is 48.4 Å². The van der Waals surface area contributed by atoms with Gasteiger partial charge in [-0.2, -0.15) is 0 Å². The van der Waals surface area contributed by atoms with Crippen LogP contribution in [-0.2, 0) is 17.6 Å². The zero-order valence-electron chi connectivity index (χ0n) is 17.7. The highest BCUT2D eigenvalue weighted by Crippen LogP contribution is 2.28. The Balaban J connectivity index is 1.78. The van der Waals surface area contributed by atoms with Gasteiger partial charge in [0, 0.05) is 23.5 Å². The summed E-state index contributed by atoms with van der Waals surface area (Å²) in [4.78, 5) is 22.5. The van der Waals surface area contributed by atoms with E-state index in [9.17, 15) is 4.79 Å². The molecule has 156 valence electrons. The van der Waals surface area contributed by atoms with Crippen molar-refractivity contribution in [1.29, 1.82) is 0 Å². The second kappa shape index (κ2) is 10.2. The number of hydrogen-bond donors (Lipinski definition) is 2. The molecule has 0 spiro atoms. The summed E-state index contributed by atoms with van der Waals surface area (Å²) in [7, 11) is 0. The van der Waals surface area contributed by atoms with Crippen molar-refractivity contribution in [2.75, 3.05) is 11.9 Å². The number of carbonyl (C=O) groups is 1. The number of benzene rings is 1. The summed E-state index contributed by atoms with van der Waals surface area (Å²) in [6.07, 6.45) is 2.93. The predicted octanol–water partition coefficient (Wildman–Crippen LogP) is 5.30. The second-order valence-corrected chi connectivity index (χ2v) is 8.57. The number of nitrogens with zero attached hydrogens (tertiary/aromatic N) is 2. The van der Waals surface area contributed by atoms with E-state index in [4.69, 9.17) is 4.98 Å². The molecule has 0 aliphatic heterocycles. The molecule has 30 heavy (non-hydrogen) atoms. The Hall–Kier alpha value is -2.99. The first-order chi connectivity index (χ1) is 14.5. The maximum Gasteiger partial charge on any atom is 0.224 e. The van der Waals surface area contributed by atoms with Gasteiger partial charge < -0.3 is 10.6 Å². The lowest BCUT2D eigenvalue weighted by Gasteiger charge is -2.14. The van der Waals surface area contributed by atoms with E-state index in [0.717, 1.165) is 39.0 Å². The smallest absolute Gasteiger partial charge is 0.224 e. The van der Waals surface area contributed by atoms with Crippen molar-refractivity contribution in [1.82, 2.24) is 15.3 Å². The van der Waals surface area contributed by atoms with Crippen molar-refractivity contribution in [2.24, 2.45) is 5.92 Å². The number of carbonyl (C=O) groups excluding carboxylic acids is 1. The highest BCUT2D eigenvalue weighted by atomic mass is 32.1. The minimum absolute atomic E-state index is 0.0460. The zero-order valence-corrected chi connectivity index (χ0v) is 18.6. The molecule has 2 aromatic heterocycles. The van der Waals surface area contributed by atoms with Gasteiger partial charge in [0.1, 0.15) is 5.82 Å². The highest BCUT2D eigenvalue weighted by molar-refractivity contribution is 7.13. The molecule has 5 nitrogen and oxygen atoms in total. The molecule has 3 rings (SSSR count). The lowest BCUT2D eigenvalue weighted by atomic mass is 10.1. The standard InChI is InChI=1S/C24H28N4OS/c1-5-7-20-17(4)26-24(21-8-6-13-30-21)28-23(20)27-19-11-9-18(10-12-19)14-22(29)25-15-16(2)3/h5-6,8-13,16H,1,7,14-15H2,2-4H3,(H,25,29)(H,26,27,28). The van der Waals surface area contributed by atoms with Gasteiger partial charge in [0.25, 0.3) is 0 Å². The number of thiophene rings is 1. The van der Waals surface area contributed by atoms with E-state index in [-0.39, 0.29) is 5.91 Å². The maximum atomic E-state index is 12.0. The van der Waals surface area contributed by atoms with Gasteiger partial charge >= 0.3 is 0 Å². The van der Waals surface area contributed by atoms with Crippen molar-refractivity contribution in [3.05, 3.63) is 71.3 Å². The Bertz CT molecular complexity index is 995. The van der Waals surface area contributed by atoms with Crippen LogP contribution >= 0.6 is 11.3 Å². The average Bonchev–Trinajstić information content (AvgIpc) is 3.25. The van der Waals surface area contributed by atoms with Crippen LogP contribution in [0.1, 0.15) is 30.7 Å². The molecule has 0 bridgehead atoms. The third-order valence-corrected chi connectivity index (χ3v) is 5.46. The maximum absolute atomic E-state index is 12.0. The third-order valence-electron chi connectivity index (χ3n) is 4.59. The van der Waals surface area contributed by atoms with E-state index in [1.807, 2.05) is 54.8 Å². The summed E-state index contributed by atoms with van der Waals surface area (Å²) in [5.74, 6) is 2.00. The molecule has 0 aliphatic rings. The average molecular weight is 421 g/mol. The number of allylic oxidation sites excluding steroid dienone is 1. The first-order valence-electron chi connectivity index (χ1n) is 10.1. The molecule has 0 atom stereocenters. The van der Waals surface area contributed by atoms with E-state index in [0.29, 0.717) is 25.3 Å². The van der Waals surface area contributed by atoms with Gasteiger partial charge in [-0.3, -0.25) is 4.79 Å². The van der Waals surface area contributed by atoms with Crippen LogP contribution < -0.4 is 10.6 Å². The quantitative estimate of drug-likeness (QED) is 0.461. The van der Waals surface area contributed by atoms with Gasteiger partial charge in [0.15, 0.2) is 5.82 Å². The van der Waals surface area contributed by atoms with Crippen LogP contribution in [-0.4, -0.2) is 22.4 Å². The van der Waals surface area contributed by atoms with Crippen molar-refractivity contribution in [3.8, 4) is 10.7 Å². The van der Waals surface area contributed by atoms with Crippen LogP contribution in [0.2, 0.25) is 0 Å². The Labute approximate surface area is 182 Å². The van der Waals surface area contributed by atoms with E-state index < -0.39 is 0 Å². The molecular weight excluding hydrogens is 392 g/mol. The largest absolute Gasteiger partial charge is 0.356 e. The Morgan fingerprint density at radius 1 is 1.20 bits per heavy atom. The van der Waals surface area contributed by atoms with Crippen LogP contribution in [0.3, 0.4) is 0 Å². The van der Waals surface area contributed by atoms with E-state index >= 15 is 0 Å². The summed E-state index contributed by atoms with van der Waals surface area (Å²) < 4.78 is 0. The van der Waals surface area contributed by atoms with E-state index in [2.05, 4.69) is 36.0 Å². The number of anilines is 2. The molecule has 0 aliphatic carbocycles. The minimum atomic E-state index is 0.0460. The van der Waals surface area contributed by atoms with Gasteiger partial charge in [0.05, 0.1) is 11.3 Å². The number of rotatable bonds is 9. The second-order valence-electron chi connectivity index (χ2n) is 7.63. The molecule has 2 N–H and O–H groups in total. The molecule has 0 unspecified atom stereocenters. The van der Waals surface area contributed by atoms with Gasteiger partial charge in [0.2, 0.25) is 5.91 Å². The summed E-state index contributed by atoms with van der Waals surface area (Å²) in [5.41, 5.74) is 3.87. The molecule has 0 saturated carbocycles.